The van der Waals surface area contributed by atoms with Crippen molar-refractivity contribution in [3.63, 3.8) is 0 Å². The smallest absolute Gasteiger partial charge is 0.0468 e. The fourth-order valence-electron chi connectivity index (χ4n) is 2.68. The van der Waals surface area contributed by atoms with E-state index in [1.165, 1.54) is 5.56 Å². The van der Waals surface area contributed by atoms with Crippen LogP contribution in [0.1, 0.15) is 31.9 Å². The van der Waals surface area contributed by atoms with Gasteiger partial charge in [0.25, 0.3) is 0 Å². The van der Waals surface area contributed by atoms with Gasteiger partial charge in [0.1, 0.15) is 0 Å². The van der Waals surface area contributed by atoms with Crippen LogP contribution in [0.2, 0.25) is 10.0 Å². The lowest BCUT2D eigenvalue weighted by Crippen LogP contribution is -2.45. The fourth-order valence-corrected chi connectivity index (χ4v) is 3.22. The van der Waals surface area contributed by atoms with Gasteiger partial charge in [-0.25, -0.2) is 0 Å². The van der Waals surface area contributed by atoms with Crippen LogP contribution >= 0.6 is 48.0 Å². The second-order valence-electron chi connectivity index (χ2n) is 5.60. The largest absolute Gasteiger partial charge is 0.314 e. The van der Waals surface area contributed by atoms with E-state index in [2.05, 4.69) is 30.1 Å². The van der Waals surface area contributed by atoms with Crippen molar-refractivity contribution in [2.24, 2.45) is 5.92 Å². The Balaban J connectivity index is 0.00000200. The highest BCUT2D eigenvalue weighted by molar-refractivity contribution is 6.35. The van der Waals surface area contributed by atoms with Crippen molar-refractivity contribution in [3.05, 3.63) is 33.8 Å². The molecule has 122 valence electrons. The van der Waals surface area contributed by atoms with Crippen LogP contribution in [0.5, 0.6) is 0 Å². The zero-order valence-corrected chi connectivity index (χ0v) is 15.6. The first-order valence-corrected chi connectivity index (χ1v) is 7.73. The monoisotopic (exact) mass is 372 g/mol. The van der Waals surface area contributed by atoms with Crippen molar-refractivity contribution < 1.29 is 0 Å². The Morgan fingerprint density at radius 1 is 1.14 bits per heavy atom. The van der Waals surface area contributed by atoms with Crippen LogP contribution in [0.15, 0.2) is 18.2 Å². The van der Waals surface area contributed by atoms with Gasteiger partial charge in [-0.1, -0.05) is 43.1 Å². The molecule has 2 rings (SSSR count). The van der Waals surface area contributed by atoms with E-state index < -0.39 is 0 Å². The summed E-state index contributed by atoms with van der Waals surface area (Å²) in [5, 5.41) is 4.90. The Hall–Kier alpha value is 0.300. The molecule has 0 saturated carbocycles. The standard InChI is InChI=1S/C15H22Cl2N2.2ClH/c1-11(2)9-15(19-7-5-18-6-8-19)13-4-3-12(16)10-14(13)17;;/h3-4,10-11,15,18H,5-9H2,1-2H3;2*1H/t15-;;/m1../s1. The molecule has 1 aliphatic rings. The zero-order valence-electron chi connectivity index (χ0n) is 12.4. The molecule has 0 radical (unpaired) electrons. The summed E-state index contributed by atoms with van der Waals surface area (Å²) in [5.41, 5.74) is 1.21. The van der Waals surface area contributed by atoms with Gasteiger partial charge in [0.2, 0.25) is 0 Å². The number of hydrogen-bond acceptors (Lipinski definition) is 2. The lowest BCUT2D eigenvalue weighted by atomic mass is 9.95. The molecule has 1 heterocycles. The van der Waals surface area contributed by atoms with Gasteiger partial charge in [-0.3, -0.25) is 4.90 Å². The number of nitrogens with zero attached hydrogens (tertiary/aromatic N) is 1. The third kappa shape index (κ3) is 6.13. The molecule has 0 amide bonds. The first-order chi connectivity index (χ1) is 9.08. The lowest BCUT2D eigenvalue weighted by Gasteiger charge is -2.36. The van der Waals surface area contributed by atoms with E-state index in [-0.39, 0.29) is 24.8 Å². The van der Waals surface area contributed by atoms with Gasteiger partial charge in [0, 0.05) is 42.3 Å². The number of rotatable bonds is 4. The fraction of sp³-hybridized carbons (Fsp3) is 0.600. The molecule has 0 aromatic heterocycles. The van der Waals surface area contributed by atoms with Crippen molar-refractivity contribution in [2.45, 2.75) is 26.3 Å². The van der Waals surface area contributed by atoms with Crippen molar-refractivity contribution in [1.29, 1.82) is 0 Å². The molecule has 2 nitrogen and oxygen atoms in total. The molecule has 1 aromatic rings. The van der Waals surface area contributed by atoms with E-state index in [0.717, 1.165) is 37.6 Å². The molecule has 0 unspecified atom stereocenters. The van der Waals surface area contributed by atoms with Gasteiger partial charge < -0.3 is 5.32 Å². The maximum absolute atomic E-state index is 6.40. The summed E-state index contributed by atoms with van der Waals surface area (Å²) < 4.78 is 0. The van der Waals surface area contributed by atoms with Crippen LogP contribution in [0, 0.1) is 5.92 Å². The predicted molar refractivity (Wildman–Crippen MR) is 97.6 cm³/mol. The highest BCUT2D eigenvalue weighted by Crippen LogP contribution is 2.34. The summed E-state index contributed by atoms with van der Waals surface area (Å²) in [5.74, 6) is 0.645. The Labute approximate surface area is 150 Å². The number of benzene rings is 1. The first-order valence-electron chi connectivity index (χ1n) is 6.97. The van der Waals surface area contributed by atoms with Gasteiger partial charge >= 0.3 is 0 Å². The topological polar surface area (TPSA) is 15.3 Å². The van der Waals surface area contributed by atoms with Crippen LogP contribution in [-0.2, 0) is 0 Å². The van der Waals surface area contributed by atoms with Gasteiger partial charge in [0.15, 0.2) is 0 Å². The Morgan fingerprint density at radius 3 is 2.29 bits per heavy atom. The minimum Gasteiger partial charge on any atom is -0.314 e. The maximum Gasteiger partial charge on any atom is 0.0468 e. The summed E-state index contributed by atoms with van der Waals surface area (Å²) in [4.78, 5) is 2.53. The molecule has 1 aliphatic heterocycles. The molecule has 1 atom stereocenters. The van der Waals surface area contributed by atoms with Gasteiger partial charge in [-0.15, -0.1) is 24.8 Å². The summed E-state index contributed by atoms with van der Waals surface area (Å²) in [6.45, 7) is 8.80. The van der Waals surface area contributed by atoms with E-state index in [0.29, 0.717) is 17.0 Å². The number of hydrogen-bond donors (Lipinski definition) is 1. The van der Waals surface area contributed by atoms with Crippen LogP contribution in [0.4, 0.5) is 0 Å². The molecule has 0 spiro atoms. The van der Waals surface area contributed by atoms with Crippen molar-refractivity contribution >= 4 is 48.0 Å². The molecule has 1 fully saturated rings. The zero-order chi connectivity index (χ0) is 13.8. The SMILES string of the molecule is CC(C)C[C@H](c1ccc(Cl)cc1Cl)N1CCNCC1.Cl.Cl. The lowest BCUT2D eigenvalue weighted by molar-refractivity contribution is 0.154. The molecule has 1 aromatic carbocycles. The molecular weight excluding hydrogens is 350 g/mol. The average Bonchev–Trinajstić information content (AvgIpc) is 2.37. The molecular formula is C15H24Cl4N2. The third-order valence-electron chi connectivity index (χ3n) is 3.61. The van der Waals surface area contributed by atoms with Crippen molar-refractivity contribution in [2.75, 3.05) is 26.2 Å². The molecule has 1 N–H and O–H groups in total. The first kappa shape index (κ1) is 21.3. The maximum atomic E-state index is 6.40. The highest BCUT2D eigenvalue weighted by atomic mass is 35.5. The quantitative estimate of drug-likeness (QED) is 0.812. The van der Waals surface area contributed by atoms with Crippen LogP contribution in [0.25, 0.3) is 0 Å². The molecule has 1 saturated heterocycles. The van der Waals surface area contributed by atoms with Gasteiger partial charge in [0.05, 0.1) is 0 Å². The number of nitrogens with one attached hydrogen (secondary N) is 1. The van der Waals surface area contributed by atoms with E-state index in [9.17, 15) is 0 Å². The van der Waals surface area contributed by atoms with Crippen LogP contribution < -0.4 is 5.32 Å². The minimum absolute atomic E-state index is 0. The van der Waals surface area contributed by atoms with E-state index >= 15 is 0 Å². The summed E-state index contributed by atoms with van der Waals surface area (Å²) in [6, 6.07) is 6.28. The van der Waals surface area contributed by atoms with E-state index in [1.807, 2.05) is 12.1 Å². The van der Waals surface area contributed by atoms with Crippen molar-refractivity contribution in [3.8, 4) is 0 Å². The van der Waals surface area contributed by atoms with Crippen LogP contribution in [0.3, 0.4) is 0 Å². The Morgan fingerprint density at radius 2 is 1.76 bits per heavy atom. The Kier molecular flexibility index (Phi) is 10.3. The van der Waals surface area contributed by atoms with Gasteiger partial charge in [-0.05, 0) is 30.0 Å². The highest BCUT2D eigenvalue weighted by Gasteiger charge is 2.24. The number of piperazine rings is 1. The van der Waals surface area contributed by atoms with Gasteiger partial charge in [-0.2, -0.15) is 0 Å². The Bertz CT molecular complexity index is 420. The number of halogens is 4. The minimum atomic E-state index is 0. The molecule has 6 heteroatoms. The van der Waals surface area contributed by atoms with E-state index in [1.54, 1.807) is 0 Å². The summed E-state index contributed by atoms with van der Waals surface area (Å²) in [7, 11) is 0. The molecule has 0 bridgehead atoms. The third-order valence-corrected chi connectivity index (χ3v) is 4.17. The second-order valence-corrected chi connectivity index (χ2v) is 6.44. The summed E-state index contributed by atoms with van der Waals surface area (Å²) >= 11 is 12.4. The predicted octanol–water partition coefficient (Wildman–Crippen LogP) is 4.83. The normalized spacial score (nSPS) is 17.0. The molecule has 21 heavy (non-hydrogen) atoms. The van der Waals surface area contributed by atoms with Crippen molar-refractivity contribution in [1.82, 2.24) is 10.2 Å². The molecule has 0 aliphatic carbocycles. The summed E-state index contributed by atoms with van der Waals surface area (Å²) in [6.07, 6.45) is 1.13. The van der Waals surface area contributed by atoms with E-state index in [4.69, 9.17) is 23.2 Å². The van der Waals surface area contributed by atoms with Crippen LogP contribution in [-0.4, -0.2) is 31.1 Å². The second kappa shape index (κ2) is 10.1. The average molecular weight is 374 g/mol.